The van der Waals surface area contributed by atoms with Crippen LogP contribution in [-0.2, 0) is 0 Å². The van der Waals surface area contributed by atoms with E-state index >= 15 is 0 Å². The van der Waals surface area contributed by atoms with E-state index in [0.29, 0.717) is 17.4 Å². The molecule has 21 heavy (non-hydrogen) atoms. The van der Waals surface area contributed by atoms with E-state index in [9.17, 15) is 4.39 Å². The number of hydrogen-bond acceptors (Lipinski definition) is 2. The Labute approximate surface area is 129 Å². The summed E-state index contributed by atoms with van der Waals surface area (Å²) in [4.78, 5) is 2.39. The quantitative estimate of drug-likeness (QED) is 0.739. The van der Waals surface area contributed by atoms with Crippen LogP contribution in [0.1, 0.15) is 52.1 Å². The lowest BCUT2D eigenvalue weighted by Gasteiger charge is -2.27. The number of nitrogens with two attached hydrogens (primary N) is 1. The Morgan fingerprint density at radius 1 is 1.00 bits per heavy atom. The van der Waals surface area contributed by atoms with Crippen LogP contribution in [0.4, 0.5) is 4.39 Å². The molecule has 0 heterocycles. The molecule has 1 atom stereocenters. The summed E-state index contributed by atoms with van der Waals surface area (Å²) in [6, 6.07) is 6.59. The van der Waals surface area contributed by atoms with E-state index in [4.69, 9.17) is 5.73 Å². The van der Waals surface area contributed by atoms with Gasteiger partial charge in [0.1, 0.15) is 5.82 Å². The van der Waals surface area contributed by atoms with Crippen molar-refractivity contribution in [2.75, 3.05) is 19.6 Å². The van der Waals surface area contributed by atoms with Gasteiger partial charge in [-0.15, -0.1) is 0 Å². The van der Waals surface area contributed by atoms with Crippen LogP contribution in [-0.4, -0.2) is 24.5 Å². The summed E-state index contributed by atoms with van der Waals surface area (Å²) < 4.78 is 13.8. The zero-order chi connectivity index (χ0) is 15.8. The predicted octanol–water partition coefficient (Wildman–Crippen LogP) is 4.22. The average molecular weight is 294 g/mol. The molecule has 1 aromatic rings. The first-order chi connectivity index (χ1) is 9.90. The lowest BCUT2D eigenvalue weighted by atomic mass is 10.0. The molecule has 0 saturated carbocycles. The highest BCUT2D eigenvalue weighted by Crippen LogP contribution is 2.17. The second-order valence-corrected chi connectivity index (χ2v) is 6.79. The van der Waals surface area contributed by atoms with Gasteiger partial charge in [-0.25, -0.2) is 4.39 Å². The maximum absolute atomic E-state index is 13.8. The van der Waals surface area contributed by atoms with Crippen molar-refractivity contribution in [3.8, 4) is 0 Å². The fourth-order valence-electron chi connectivity index (χ4n) is 2.33. The third-order valence-corrected chi connectivity index (χ3v) is 3.80. The Balaban J connectivity index is 2.63. The summed E-state index contributed by atoms with van der Waals surface area (Å²) >= 11 is 0. The minimum Gasteiger partial charge on any atom is -0.323 e. The molecule has 0 radical (unpaired) electrons. The summed E-state index contributed by atoms with van der Waals surface area (Å²) in [5.41, 5.74) is 6.85. The van der Waals surface area contributed by atoms with Crippen LogP contribution in [0.3, 0.4) is 0 Å². The van der Waals surface area contributed by atoms with Gasteiger partial charge < -0.3 is 10.6 Å². The molecule has 0 aromatic heterocycles. The molecule has 0 aliphatic carbocycles. The van der Waals surface area contributed by atoms with E-state index in [1.165, 1.54) is 6.07 Å². The molecule has 1 rings (SSSR count). The number of benzene rings is 1. The van der Waals surface area contributed by atoms with Crippen LogP contribution in [0.2, 0.25) is 0 Å². The van der Waals surface area contributed by atoms with Gasteiger partial charge in [-0.1, -0.05) is 45.9 Å². The first-order valence-electron chi connectivity index (χ1n) is 8.12. The summed E-state index contributed by atoms with van der Waals surface area (Å²) in [5.74, 6) is 1.16. The van der Waals surface area contributed by atoms with E-state index in [-0.39, 0.29) is 11.9 Å². The van der Waals surface area contributed by atoms with Crippen molar-refractivity contribution in [3.63, 3.8) is 0 Å². The number of rotatable bonds is 9. The van der Waals surface area contributed by atoms with Crippen molar-refractivity contribution in [3.05, 3.63) is 35.6 Å². The fraction of sp³-hybridized carbons (Fsp3) is 0.667. The SMILES string of the molecule is CC(C)CCN(CCC(C)C)CC(N)c1ccccc1F. The van der Waals surface area contributed by atoms with Crippen LogP contribution in [0, 0.1) is 17.7 Å². The summed E-state index contributed by atoms with van der Waals surface area (Å²) in [7, 11) is 0. The molecule has 120 valence electrons. The van der Waals surface area contributed by atoms with Crippen molar-refractivity contribution in [2.45, 2.75) is 46.6 Å². The van der Waals surface area contributed by atoms with Crippen molar-refractivity contribution in [1.82, 2.24) is 4.90 Å². The normalized spacial score (nSPS) is 13.4. The van der Waals surface area contributed by atoms with Gasteiger partial charge in [0.15, 0.2) is 0 Å². The molecule has 0 spiro atoms. The summed E-state index contributed by atoms with van der Waals surface area (Å²) in [6.45, 7) is 11.7. The van der Waals surface area contributed by atoms with Gasteiger partial charge in [0.05, 0.1) is 0 Å². The van der Waals surface area contributed by atoms with Gasteiger partial charge >= 0.3 is 0 Å². The fourth-order valence-corrected chi connectivity index (χ4v) is 2.33. The molecule has 0 amide bonds. The van der Waals surface area contributed by atoms with Crippen molar-refractivity contribution >= 4 is 0 Å². The summed E-state index contributed by atoms with van der Waals surface area (Å²) in [5, 5.41) is 0. The molecule has 1 unspecified atom stereocenters. The molecule has 0 fully saturated rings. The second kappa shape index (κ2) is 9.16. The molecule has 1 aromatic carbocycles. The van der Waals surface area contributed by atoms with E-state index < -0.39 is 0 Å². The molecule has 0 bridgehead atoms. The Morgan fingerprint density at radius 3 is 2.00 bits per heavy atom. The Kier molecular flexibility index (Phi) is 7.91. The van der Waals surface area contributed by atoms with Crippen molar-refractivity contribution in [2.24, 2.45) is 17.6 Å². The van der Waals surface area contributed by atoms with Crippen LogP contribution >= 0.6 is 0 Å². The van der Waals surface area contributed by atoms with Crippen LogP contribution < -0.4 is 5.73 Å². The van der Waals surface area contributed by atoms with Gasteiger partial charge in [0.2, 0.25) is 0 Å². The van der Waals surface area contributed by atoms with E-state index in [0.717, 1.165) is 32.5 Å². The second-order valence-electron chi connectivity index (χ2n) is 6.79. The number of halogens is 1. The maximum Gasteiger partial charge on any atom is 0.128 e. The zero-order valence-corrected chi connectivity index (χ0v) is 14.0. The highest BCUT2D eigenvalue weighted by molar-refractivity contribution is 5.21. The zero-order valence-electron chi connectivity index (χ0n) is 14.0. The summed E-state index contributed by atoms with van der Waals surface area (Å²) in [6.07, 6.45) is 2.31. The Hall–Kier alpha value is -0.930. The molecular weight excluding hydrogens is 263 g/mol. The largest absolute Gasteiger partial charge is 0.323 e. The van der Waals surface area contributed by atoms with Crippen molar-refractivity contribution in [1.29, 1.82) is 0 Å². The third-order valence-electron chi connectivity index (χ3n) is 3.80. The Bertz CT molecular complexity index is 392. The lowest BCUT2D eigenvalue weighted by Crippen LogP contribution is -2.35. The van der Waals surface area contributed by atoms with E-state index in [1.807, 2.05) is 6.07 Å². The van der Waals surface area contributed by atoms with Gasteiger partial charge in [-0.2, -0.15) is 0 Å². The third kappa shape index (κ3) is 7.05. The molecule has 0 saturated heterocycles. The highest BCUT2D eigenvalue weighted by atomic mass is 19.1. The lowest BCUT2D eigenvalue weighted by molar-refractivity contribution is 0.229. The monoisotopic (exact) mass is 294 g/mol. The first-order valence-corrected chi connectivity index (χ1v) is 8.12. The van der Waals surface area contributed by atoms with Gasteiger partial charge in [-0.05, 0) is 43.8 Å². The molecule has 0 aliphatic heterocycles. The number of nitrogens with zero attached hydrogens (tertiary/aromatic N) is 1. The van der Waals surface area contributed by atoms with E-state index in [2.05, 4.69) is 32.6 Å². The maximum atomic E-state index is 13.8. The Morgan fingerprint density at radius 2 is 1.52 bits per heavy atom. The molecule has 0 aliphatic rings. The predicted molar refractivity (Wildman–Crippen MR) is 88.7 cm³/mol. The average Bonchev–Trinajstić information content (AvgIpc) is 2.41. The number of hydrogen-bond donors (Lipinski definition) is 1. The molecule has 3 heteroatoms. The minimum atomic E-state index is -0.259. The van der Waals surface area contributed by atoms with E-state index in [1.54, 1.807) is 12.1 Å². The van der Waals surface area contributed by atoms with Crippen LogP contribution in [0.25, 0.3) is 0 Å². The van der Waals surface area contributed by atoms with Crippen LogP contribution in [0.15, 0.2) is 24.3 Å². The smallest absolute Gasteiger partial charge is 0.128 e. The van der Waals surface area contributed by atoms with Gasteiger partial charge in [0, 0.05) is 18.2 Å². The molecule has 2 nitrogen and oxygen atoms in total. The van der Waals surface area contributed by atoms with Crippen molar-refractivity contribution < 1.29 is 4.39 Å². The molecule has 2 N–H and O–H groups in total. The highest BCUT2D eigenvalue weighted by Gasteiger charge is 2.16. The van der Waals surface area contributed by atoms with Gasteiger partial charge in [-0.3, -0.25) is 0 Å². The standard InChI is InChI=1S/C18H31FN2/c1-14(2)9-11-21(12-10-15(3)4)13-18(20)16-7-5-6-8-17(16)19/h5-8,14-15,18H,9-13,20H2,1-4H3. The molecular formula is C18H31FN2. The minimum absolute atomic E-state index is 0.197. The van der Waals surface area contributed by atoms with Crippen LogP contribution in [0.5, 0.6) is 0 Å². The topological polar surface area (TPSA) is 29.3 Å². The first kappa shape index (κ1) is 18.1. The van der Waals surface area contributed by atoms with Gasteiger partial charge in [0.25, 0.3) is 0 Å².